The molecule has 2 heterocycles. The van der Waals surface area contributed by atoms with Crippen molar-refractivity contribution < 1.29 is 9.53 Å². The molecule has 0 aliphatic heterocycles. The summed E-state index contributed by atoms with van der Waals surface area (Å²) in [5, 5.41) is 4.43. The smallest absolute Gasteiger partial charge is 0.345 e. The van der Waals surface area contributed by atoms with Gasteiger partial charge >= 0.3 is 5.97 Å². The predicted molar refractivity (Wildman–Crippen MR) is 87.9 cm³/mol. The number of nitrogens with zero attached hydrogens (tertiary/aromatic N) is 3. The number of fused-ring (bicyclic) bond motifs is 1. The number of anilines is 2. The Kier molecular flexibility index (Phi) is 3.63. The van der Waals surface area contributed by atoms with E-state index in [0.29, 0.717) is 27.4 Å². The molecule has 3 rings (SSSR count). The normalized spacial score (nSPS) is 10.7. The third-order valence-electron chi connectivity index (χ3n) is 3.30. The van der Waals surface area contributed by atoms with E-state index in [4.69, 9.17) is 27.8 Å². The lowest BCUT2D eigenvalue weighted by Crippen LogP contribution is -2.01. The lowest BCUT2D eigenvalue weighted by molar-refractivity contribution is 0.0665. The lowest BCUT2D eigenvalue weighted by Gasteiger charge is -2.07. The first-order valence-corrected chi connectivity index (χ1v) is 6.90. The maximum atomic E-state index is 12.2. The number of ether oxygens (including phenoxy) is 1. The largest absolute Gasteiger partial charge is 0.431 e. The van der Waals surface area contributed by atoms with Gasteiger partial charge in [-0.1, -0.05) is 24.2 Å². The highest BCUT2D eigenvalue weighted by Gasteiger charge is 2.22. The Morgan fingerprint density at radius 1 is 1.39 bits per heavy atom. The average molecular weight is 330 g/mol. The number of esters is 1. The first kappa shape index (κ1) is 14.9. The van der Waals surface area contributed by atoms with Crippen LogP contribution in [0.1, 0.15) is 10.4 Å². The second-order valence-electron chi connectivity index (χ2n) is 4.66. The van der Waals surface area contributed by atoms with Gasteiger partial charge in [0.1, 0.15) is 11.8 Å². The first-order valence-electron chi connectivity index (χ1n) is 6.52. The van der Waals surface area contributed by atoms with Gasteiger partial charge in [-0.2, -0.15) is 5.10 Å². The van der Waals surface area contributed by atoms with E-state index in [1.165, 1.54) is 17.0 Å². The number of carbonyl (C=O) groups is 1. The molecular weight excluding hydrogens is 318 g/mol. The molecule has 0 amide bonds. The highest BCUT2D eigenvalue weighted by Crippen LogP contribution is 2.35. The van der Waals surface area contributed by atoms with Crippen LogP contribution in [0.3, 0.4) is 0 Å². The fourth-order valence-corrected chi connectivity index (χ4v) is 2.48. The zero-order valence-electron chi connectivity index (χ0n) is 11.9. The van der Waals surface area contributed by atoms with Crippen LogP contribution in [0.5, 0.6) is 0 Å². The average Bonchev–Trinajstić information content (AvgIpc) is 2.91. The minimum atomic E-state index is -0.590. The van der Waals surface area contributed by atoms with Crippen LogP contribution in [-0.2, 0) is 4.74 Å². The molecule has 3 aromatic rings. The van der Waals surface area contributed by atoms with E-state index in [1.54, 1.807) is 18.2 Å². The second-order valence-corrected chi connectivity index (χ2v) is 5.07. The molecule has 8 heteroatoms. The van der Waals surface area contributed by atoms with Crippen molar-refractivity contribution in [3.05, 3.63) is 54.2 Å². The zero-order chi connectivity index (χ0) is 16.6. The molecular formula is C15H12ClN5O2. The van der Waals surface area contributed by atoms with Crippen LogP contribution in [0, 0.1) is 0 Å². The van der Waals surface area contributed by atoms with Crippen molar-refractivity contribution in [1.82, 2.24) is 14.6 Å². The summed E-state index contributed by atoms with van der Waals surface area (Å²) in [6, 6.07) is 5.01. The number of benzene rings is 1. The number of hydrogen-bond acceptors (Lipinski definition) is 6. The Morgan fingerprint density at radius 3 is 2.87 bits per heavy atom. The Balaban J connectivity index is 2.35. The van der Waals surface area contributed by atoms with Gasteiger partial charge in [0.2, 0.25) is 0 Å². The first-order chi connectivity index (χ1) is 11.0. The van der Waals surface area contributed by atoms with E-state index >= 15 is 0 Å². The lowest BCUT2D eigenvalue weighted by atomic mass is 10.0. The number of nitrogen functional groups attached to an aromatic ring is 2. The van der Waals surface area contributed by atoms with Gasteiger partial charge < -0.3 is 16.2 Å². The molecule has 2 aromatic heterocycles. The van der Waals surface area contributed by atoms with Crippen molar-refractivity contribution >= 4 is 34.6 Å². The van der Waals surface area contributed by atoms with Crippen LogP contribution in [0.15, 0.2) is 43.6 Å². The molecule has 0 aliphatic rings. The van der Waals surface area contributed by atoms with E-state index in [-0.39, 0.29) is 11.4 Å². The van der Waals surface area contributed by atoms with Gasteiger partial charge in [-0.25, -0.2) is 14.3 Å². The summed E-state index contributed by atoms with van der Waals surface area (Å²) < 4.78 is 6.34. The molecule has 4 N–H and O–H groups in total. The molecule has 0 unspecified atom stereocenters. The molecule has 0 radical (unpaired) electrons. The van der Waals surface area contributed by atoms with Gasteiger partial charge in [0.05, 0.1) is 22.5 Å². The Morgan fingerprint density at radius 2 is 2.17 bits per heavy atom. The van der Waals surface area contributed by atoms with E-state index < -0.39 is 5.97 Å². The van der Waals surface area contributed by atoms with Crippen molar-refractivity contribution in [3.63, 3.8) is 0 Å². The third-order valence-corrected chi connectivity index (χ3v) is 3.63. The second kappa shape index (κ2) is 5.62. The summed E-state index contributed by atoms with van der Waals surface area (Å²) in [7, 11) is 0. The summed E-state index contributed by atoms with van der Waals surface area (Å²) in [6.45, 7) is 3.39. The number of aromatic nitrogens is 3. The molecule has 0 saturated carbocycles. The molecule has 0 aliphatic carbocycles. The maximum absolute atomic E-state index is 12.2. The summed E-state index contributed by atoms with van der Waals surface area (Å²) in [4.78, 5) is 16.2. The van der Waals surface area contributed by atoms with Gasteiger partial charge in [-0.3, -0.25) is 0 Å². The van der Waals surface area contributed by atoms with Crippen LogP contribution in [-0.4, -0.2) is 20.6 Å². The van der Waals surface area contributed by atoms with Crippen LogP contribution in [0.4, 0.5) is 11.5 Å². The summed E-state index contributed by atoms with van der Waals surface area (Å²) >= 11 is 6.09. The molecule has 0 saturated heterocycles. The number of hydrogen-bond donors (Lipinski definition) is 2. The van der Waals surface area contributed by atoms with Crippen LogP contribution in [0.2, 0.25) is 5.02 Å². The highest BCUT2D eigenvalue weighted by molar-refractivity contribution is 6.33. The van der Waals surface area contributed by atoms with E-state index in [1.807, 2.05) is 0 Å². The number of halogens is 1. The highest BCUT2D eigenvalue weighted by atomic mass is 35.5. The van der Waals surface area contributed by atoms with Crippen LogP contribution < -0.4 is 11.5 Å². The summed E-state index contributed by atoms with van der Waals surface area (Å²) in [5.41, 5.74) is 14.0. The Hall–Kier alpha value is -3.06. The van der Waals surface area contributed by atoms with Crippen molar-refractivity contribution in [2.24, 2.45) is 0 Å². The van der Waals surface area contributed by atoms with Crippen LogP contribution >= 0.6 is 11.6 Å². The molecule has 23 heavy (non-hydrogen) atoms. The predicted octanol–water partition coefficient (Wildman–Crippen LogP) is 2.51. The van der Waals surface area contributed by atoms with Gasteiger partial charge in [-0.05, 0) is 17.7 Å². The van der Waals surface area contributed by atoms with Crippen molar-refractivity contribution in [3.8, 4) is 11.1 Å². The third kappa shape index (κ3) is 2.47. The molecule has 0 spiro atoms. The van der Waals surface area contributed by atoms with Crippen molar-refractivity contribution in [2.75, 3.05) is 11.5 Å². The minimum absolute atomic E-state index is 0.223. The van der Waals surface area contributed by atoms with Crippen LogP contribution in [0.25, 0.3) is 16.6 Å². The standard InChI is InChI=1S/C15H12ClN5O2/c1-2-23-15(22)9-6-21-13(14(18)19-7-20-21)12(9)8-3-4-11(17)10(16)5-8/h2-7H,1,17H2,(H2,18,19,20). The Labute approximate surface area is 136 Å². The molecule has 0 fully saturated rings. The number of rotatable bonds is 3. The van der Waals surface area contributed by atoms with Gasteiger partial charge in [0.15, 0.2) is 5.82 Å². The number of carbonyl (C=O) groups excluding carboxylic acids is 1. The molecule has 1 aromatic carbocycles. The maximum Gasteiger partial charge on any atom is 0.345 e. The van der Waals surface area contributed by atoms with Crippen molar-refractivity contribution in [1.29, 1.82) is 0 Å². The van der Waals surface area contributed by atoms with E-state index in [0.717, 1.165) is 6.26 Å². The molecule has 0 atom stereocenters. The van der Waals surface area contributed by atoms with Gasteiger partial charge in [-0.15, -0.1) is 0 Å². The molecule has 0 bridgehead atoms. The molecule has 116 valence electrons. The fraction of sp³-hybridized carbons (Fsp3) is 0. The minimum Gasteiger partial charge on any atom is -0.431 e. The zero-order valence-corrected chi connectivity index (χ0v) is 12.6. The Bertz CT molecular complexity index is 935. The van der Waals surface area contributed by atoms with Gasteiger partial charge in [0, 0.05) is 11.8 Å². The fourth-order valence-electron chi connectivity index (χ4n) is 2.30. The monoisotopic (exact) mass is 329 g/mol. The quantitative estimate of drug-likeness (QED) is 0.434. The number of nitrogens with two attached hydrogens (primary N) is 2. The summed E-state index contributed by atoms with van der Waals surface area (Å²) in [5.74, 6) is -0.367. The summed E-state index contributed by atoms with van der Waals surface area (Å²) in [6.07, 6.45) is 3.86. The van der Waals surface area contributed by atoms with Crippen molar-refractivity contribution in [2.45, 2.75) is 0 Å². The molecule has 7 nitrogen and oxygen atoms in total. The van der Waals surface area contributed by atoms with E-state index in [9.17, 15) is 4.79 Å². The van der Waals surface area contributed by atoms with Gasteiger partial charge in [0.25, 0.3) is 0 Å². The SMILES string of the molecule is C=COC(=O)c1cn2ncnc(N)c2c1-c1ccc(N)c(Cl)c1. The topological polar surface area (TPSA) is 109 Å². The van der Waals surface area contributed by atoms with E-state index in [2.05, 4.69) is 16.7 Å².